The Morgan fingerprint density at radius 3 is 2.55 bits per heavy atom. The number of carbonyl (C=O) groups is 2. The molecule has 0 aliphatic rings. The van der Waals surface area contributed by atoms with Gasteiger partial charge in [-0.25, -0.2) is 9.97 Å². The summed E-state index contributed by atoms with van der Waals surface area (Å²) >= 11 is 0. The van der Waals surface area contributed by atoms with Crippen LogP contribution >= 0.6 is 0 Å². The fraction of sp³-hybridized carbons (Fsp3) is 0.143. The topological polar surface area (TPSA) is 59.9 Å². The zero-order valence-electron chi connectivity index (χ0n) is 5.94. The molecule has 0 amide bonds. The monoisotopic (exact) mass is 150 g/mol. The zero-order chi connectivity index (χ0) is 8.27. The maximum atomic E-state index is 10.2. The molecule has 0 aromatic carbocycles. The molecule has 1 aromatic heterocycles. The Balaban J connectivity index is 3.21. The minimum absolute atomic E-state index is 0.0482. The Bertz CT molecular complexity index is 270. The second-order valence-electron chi connectivity index (χ2n) is 2.03. The molecule has 1 aromatic rings. The minimum Gasteiger partial charge on any atom is -0.296 e. The van der Waals surface area contributed by atoms with Crippen LogP contribution in [0, 0.1) is 6.92 Å². The van der Waals surface area contributed by atoms with Crippen LogP contribution in [0.5, 0.6) is 0 Å². The van der Waals surface area contributed by atoms with Crippen LogP contribution in [0.15, 0.2) is 6.07 Å². The van der Waals surface area contributed by atoms with Gasteiger partial charge in [0.15, 0.2) is 18.4 Å². The van der Waals surface area contributed by atoms with Gasteiger partial charge in [0.2, 0.25) is 0 Å². The lowest BCUT2D eigenvalue weighted by Crippen LogP contribution is -1.98. The Kier molecular flexibility index (Phi) is 2.06. The standard InChI is InChI=1S/C7H6N2O2/c1-5-2-6(3-10)9-7(4-11)8-5/h2-4H,1H3. The van der Waals surface area contributed by atoms with Gasteiger partial charge in [-0.2, -0.15) is 0 Å². The first-order chi connectivity index (χ1) is 5.26. The van der Waals surface area contributed by atoms with E-state index in [1.807, 2.05) is 0 Å². The second-order valence-corrected chi connectivity index (χ2v) is 2.03. The Labute approximate surface area is 63.3 Å². The number of nitrogens with zero attached hydrogens (tertiary/aromatic N) is 2. The number of aryl methyl sites for hydroxylation is 1. The Hall–Kier alpha value is -1.58. The summed E-state index contributed by atoms with van der Waals surface area (Å²) in [7, 11) is 0. The number of aldehydes is 2. The van der Waals surface area contributed by atoms with Gasteiger partial charge in [0.05, 0.1) is 0 Å². The second kappa shape index (κ2) is 3.01. The van der Waals surface area contributed by atoms with E-state index in [1.54, 1.807) is 6.92 Å². The molecule has 0 atom stereocenters. The average Bonchev–Trinajstić information content (AvgIpc) is 2.03. The number of aromatic nitrogens is 2. The van der Waals surface area contributed by atoms with Gasteiger partial charge in [-0.1, -0.05) is 0 Å². The van der Waals surface area contributed by atoms with Crippen LogP contribution in [0.2, 0.25) is 0 Å². The molecule has 4 nitrogen and oxygen atoms in total. The van der Waals surface area contributed by atoms with Crippen molar-refractivity contribution < 1.29 is 9.59 Å². The number of hydrogen-bond donors (Lipinski definition) is 0. The quantitative estimate of drug-likeness (QED) is 0.573. The largest absolute Gasteiger partial charge is 0.296 e. The summed E-state index contributed by atoms with van der Waals surface area (Å²) < 4.78 is 0. The van der Waals surface area contributed by atoms with Crippen LogP contribution in [-0.2, 0) is 0 Å². The lowest BCUT2D eigenvalue weighted by Gasteiger charge is -1.93. The van der Waals surface area contributed by atoms with Gasteiger partial charge in [0, 0.05) is 5.69 Å². The van der Waals surface area contributed by atoms with E-state index in [2.05, 4.69) is 9.97 Å². The van der Waals surface area contributed by atoms with Crippen molar-refractivity contribution in [1.82, 2.24) is 9.97 Å². The van der Waals surface area contributed by atoms with Crippen molar-refractivity contribution in [3.63, 3.8) is 0 Å². The fourth-order valence-corrected chi connectivity index (χ4v) is 0.730. The summed E-state index contributed by atoms with van der Waals surface area (Å²) in [6.45, 7) is 1.70. The van der Waals surface area contributed by atoms with Crippen LogP contribution in [0.4, 0.5) is 0 Å². The number of rotatable bonds is 2. The van der Waals surface area contributed by atoms with Gasteiger partial charge in [-0.15, -0.1) is 0 Å². The summed E-state index contributed by atoms with van der Waals surface area (Å²) in [4.78, 5) is 27.8. The van der Waals surface area contributed by atoms with Gasteiger partial charge >= 0.3 is 0 Å². The summed E-state index contributed by atoms with van der Waals surface area (Å²) in [6.07, 6.45) is 1.10. The van der Waals surface area contributed by atoms with E-state index in [-0.39, 0.29) is 11.5 Å². The van der Waals surface area contributed by atoms with Crippen LogP contribution in [0.3, 0.4) is 0 Å². The molecule has 56 valence electrons. The first-order valence-electron chi connectivity index (χ1n) is 3.02. The predicted octanol–water partition coefficient (Wildman–Crippen LogP) is 0.410. The van der Waals surface area contributed by atoms with E-state index in [0.29, 0.717) is 18.3 Å². The molecule has 0 aliphatic heterocycles. The third-order valence-corrected chi connectivity index (χ3v) is 1.12. The molecule has 0 saturated carbocycles. The minimum atomic E-state index is 0.0482. The molecule has 11 heavy (non-hydrogen) atoms. The summed E-state index contributed by atoms with van der Waals surface area (Å²) in [5.41, 5.74) is 0.851. The van der Waals surface area contributed by atoms with Crippen LogP contribution < -0.4 is 0 Å². The molecule has 0 bridgehead atoms. The Morgan fingerprint density at radius 1 is 1.27 bits per heavy atom. The summed E-state index contributed by atoms with van der Waals surface area (Å²) in [6, 6.07) is 1.51. The molecule has 0 saturated heterocycles. The van der Waals surface area contributed by atoms with Gasteiger partial charge < -0.3 is 0 Å². The van der Waals surface area contributed by atoms with Crippen molar-refractivity contribution in [2.24, 2.45) is 0 Å². The highest BCUT2D eigenvalue weighted by Crippen LogP contribution is 1.95. The third-order valence-electron chi connectivity index (χ3n) is 1.12. The zero-order valence-corrected chi connectivity index (χ0v) is 5.94. The average molecular weight is 150 g/mol. The first kappa shape index (κ1) is 7.53. The number of carbonyl (C=O) groups excluding carboxylic acids is 2. The molecular formula is C7H6N2O2. The van der Waals surface area contributed by atoms with Crippen molar-refractivity contribution in [2.45, 2.75) is 6.92 Å². The van der Waals surface area contributed by atoms with Crippen molar-refractivity contribution in [3.8, 4) is 0 Å². The highest BCUT2D eigenvalue weighted by atomic mass is 16.1. The lowest BCUT2D eigenvalue weighted by atomic mass is 10.3. The van der Waals surface area contributed by atoms with Crippen molar-refractivity contribution in [3.05, 3.63) is 23.3 Å². The smallest absolute Gasteiger partial charge is 0.193 e. The molecular weight excluding hydrogens is 144 g/mol. The molecule has 1 rings (SSSR count). The SMILES string of the molecule is Cc1cc(C=O)nc(C=O)n1. The van der Waals surface area contributed by atoms with Crippen molar-refractivity contribution in [2.75, 3.05) is 0 Å². The van der Waals surface area contributed by atoms with Crippen LogP contribution in [0.1, 0.15) is 26.8 Å². The molecule has 4 heteroatoms. The van der Waals surface area contributed by atoms with Gasteiger partial charge in [-0.3, -0.25) is 9.59 Å². The normalized spacial score (nSPS) is 9.18. The Morgan fingerprint density at radius 2 is 2.00 bits per heavy atom. The molecule has 0 unspecified atom stereocenters. The molecule has 0 radical (unpaired) electrons. The molecule has 0 aliphatic carbocycles. The fourth-order valence-electron chi connectivity index (χ4n) is 0.730. The highest BCUT2D eigenvalue weighted by molar-refractivity contribution is 5.75. The van der Waals surface area contributed by atoms with E-state index in [9.17, 15) is 9.59 Å². The third kappa shape index (κ3) is 1.67. The maximum Gasteiger partial charge on any atom is 0.193 e. The molecule has 1 heterocycles. The molecule has 0 spiro atoms. The van der Waals surface area contributed by atoms with E-state index < -0.39 is 0 Å². The molecule has 0 N–H and O–H groups in total. The first-order valence-corrected chi connectivity index (χ1v) is 3.02. The van der Waals surface area contributed by atoms with E-state index in [1.165, 1.54) is 6.07 Å². The van der Waals surface area contributed by atoms with Gasteiger partial charge in [0.25, 0.3) is 0 Å². The molecule has 0 fully saturated rings. The van der Waals surface area contributed by atoms with Crippen LogP contribution in [0.25, 0.3) is 0 Å². The van der Waals surface area contributed by atoms with Gasteiger partial charge in [0.1, 0.15) is 5.69 Å². The predicted molar refractivity (Wildman–Crippen MR) is 37.5 cm³/mol. The van der Waals surface area contributed by atoms with Crippen LogP contribution in [-0.4, -0.2) is 22.5 Å². The van der Waals surface area contributed by atoms with E-state index >= 15 is 0 Å². The summed E-state index contributed by atoms with van der Waals surface area (Å²) in [5, 5.41) is 0. The van der Waals surface area contributed by atoms with E-state index in [4.69, 9.17) is 0 Å². The van der Waals surface area contributed by atoms with E-state index in [0.717, 1.165) is 0 Å². The number of hydrogen-bond acceptors (Lipinski definition) is 4. The van der Waals surface area contributed by atoms with Crippen molar-refractivity contribution >= 4 is 12.6 Å². The highest BCUT2D eigenvalue weighted by Gasteiger charge is 1.98. The summed E-state index contributed by atoms with van der Waals surface area (Å²) in [5.74, 6) is 0.0482. The maximum absolute atomic E-state index is 10.2. The lowest BCUT2D eigenvalue weighted by molar-refractivity contribution is 0.111. The van der Waals surface area contributed by atoms with Crippen molar-refractivity contribution in [1.29, 1.82) is 0 Å². The van der Waals surface area contributed by atoms with Gasteiger partial charge in [-0.05, 0) is 13.0 Å².